The molecule has 0 N–H and O–H groups in total. The summed E-state index contributed by atoms with van der Waals surface area (Å²) < 4.78 is 9.92. The third kappa shape index (κ3) is 5.16. The Bertz CT molecular complexity index is 159. The zero-order valence-electron chi connectivity index (χ0n) is 8.61. The van der Waals surface area contributed by atoms with Crippen molar-refractivity contribution in [1.82, 2.24) is 0 Å². The molecule has 0 aromatic heterocycles. The topological polar surface area (TPSA) is 35.5 Å². The van der Waals surface area contributed by atoms with Crippen molar-refractivity contribution in [3.63, 3.8) is 0 Å². The van der Waals surface area contributed by atoms with Gasteiger partial charge in [0.1, 0.15) is 11.4 Å². The molecule has 0 rings (SSSR count). The molecule has 0 fully saturated rings. The number of ether oxygens (including phenoxy) is 2. The zero-order valence-corrected chi connectivity index (χ0v) is 9.51. The number of hydrogen-bond acceptors (Lipinski definition) is 4. The highest BCUT2D eigenvalue weighted by Crippen LogP contribution is 2.11. The molecule has 4 heteroatoms. The maximum absolute atomic E-state index is 11.3. The van der Waals surface area contributed by atoms with Gasteiger partial charge in [-0.3, -0.25) is 4.79 Å². The predicted octanol–water partition coefficient (Wildman–Crippen LogP) is 1.52. The van der Waals surface area contributed by atoms with E-state index in [1.165, 1.54) is 0 Å². The van der Waals surface area contributed by atoms with Gasteiger partial charge in [-0.05, 0) is 12.8 Å². The van der Waals surface area contributed by atoms with Crippen LogP contribution < -0.4 is 0 Å². The van der Waals surface area contributed by atoms with E-state index >= 15 is 0 Å². The lowest BCUT2D eigenvalue weighted by molar-refractivity contribution is -0.150. The third-order valence-electron chi connectivity index (χ3n) is 1.59. The summed E-state index contributed by atoms with van der Waals surface area (Å²) in [6.07, 6.45) is -0.203. The minimum atomic E-state index is -0.348. The number of thiol groups is 1. The minimum absolute atomic E-state index is 0.186. The molecule has 0 aliphatic heterocycles. The summed E-state index contributed by atoms with van der Waals surface area (Å²) >= 11 is 4.15. The predicted molar refractivity (Wildman–Crippen MR) is 55.0 cm³/mol. The van der Waals surface area contributed by atoms with Crippen LogP contribution in [-0.4, -0.2) is 31.0 Å². The molecule has 0 saturated carbocycles. The van der Waals surface area contributed by atoms with Crippen molar-refractivity contribution in [3.8, 4) is 0 Å². The Morgan fingerprint density at radius 2 is 1.92 bits per heavy atom. The molecule has 2 unspecified atom stereocenters. The normalized spacial score (nSPS) is 15.5. The van der Waals surface area contributed by atoms with Crippen LogP contribution in [0.2, 0.25) is 0 Å². The SMILES string of the molecule is COCC(C)OC(=O)C(S)C(C)C. The van der Waals surface area contributed by atoms with Gasteiger partial charge in [0.25, 0.3) is 0 Å². The summed E-state index contributed by atoms with van der Waals surface area (Å²) in [5.41, 5.74) is 0. The maximum atomic E-state index is 11.3. The van der Waals surface area contributed by atoms with E-state index in [9.17, 15) is 4.79 Å². The first-order valence-corrected chi connectivity index (χ1v) is 4.88. The summed E-state index contributed by atoms with van der Waals surface area (Å²) in [6, 6.07) is 0. The molecule has 0 aliphatic rings. The first kappa shape index (κ1) is 12.8. The van der Waals surface area contributed by atoms with Crippen molar-refractivity contribution in [2.45, 2.75) is 32.1 Å². The van der Waals surface area contributed by atoms with Crippen molar-refractivity contribution >= 4 is 18.6 Å². The van der Waals surface area contributed by atoms with Crippen molar-refractivity contribution in [3.05, 3.63) is 0 Å². The first-order valence-electron chi connectivity index (χ1n) is 4.36. The second kappa shape index (κ2) is 6.27. The molecule has 0 aromatic carbocycles. The van der Waals surface area contributed by atoms with Crippen LogP contribution in [0.5, 0.6) is 0 Å². The Hall–Kier alpha value is -0.220. The molecule has 0 saturated heterocycles. The van der Waals surface area contributed by atoms with Crippen molar-refractivity contribution < 1.29 is 14.3 Å². The fourth-order valence-corrected chi connectivity index (χ4v) is 0.870. The van der Waals surface area contributed by atoms with E-state index in [1.54, 1.807) is 14.0 Å². The van der Waals surface area contributed by atoms with E-state index in [2.05, 4.69) is 12.6 Å². The summed E-state index contributed by atoms with van der Waals surface area (Å²) in [7, 11) is 1.57. The van der Waals surface area contributed by atoms with Crippen LogP contribution in [0.25, 0.3) is 0 Å². The lowest BCUT2D eigenvalue weighted by Gasteiger charge is -2.17. The summed E-state index contributed by atoms with van der Waals surface area (Å²) in [5, 5.41) is -0.348. The molecular formula is C9H18O3S. The summed E-state index contributed by atoms with van der Waals surface area (Å²) in [4.78, 5) is 11.3. The third-order valence-corrected chi connectivity index (χ3v) is 2.40. The Morgan fingerprint density at radius 1 is 1.38 bits per heavy atom. The molecular weight excluding hydrogens is 188 g/mol. The van der Waals surface area contributed by atoms with E-state index in [4.69, 9.17) is 9.47 Å². The molecule has 78 valence electrons. The fraction of sp³-hybridized carbons (Fsp3) is 0.889. The molecule has 0 aromatic rings. The number of carbonyl (C=O) groups is 1. The Labute approximate surface area is 85.2 Å². The van der Waals surface area contributed by atoms with Gasteiger partial charge < -0.3 is 9.47 Å². The Morgan fingerprint density at radius 3 is 2.31 bits per heavy atom. The van der Waals surface area contributed by atoms with Gasteiger partial charge in [-0.15, -0.1) is 0 Å². The van der Waals surface area contributed by atoms with Gasteiger partial charge in [0, 0.05) is 7.11 Å². The van der Waals surface area contributed by atoms with Gasteiger partial charge in [0.05, 0.1) is 6.61 Å². The largest absolute Gasteiger partial charge is 0.459 e. The second-order valence-corrected chi connectivity index (χ2v) is 3.95. The van der Waals surface area contributed by atoms with Crippen LogP contribution in [0.15, 0.2) is 0 Å². The van der Waals surface area contributed by atoms with Gasteiger partial charge in [-0.2, -0.15) is 12.6 Å². The quantitative estimate of drug-likeness (QED) is 0.547. The van der Waals surface area contributed by atoms with Crippen LogP contribution in [0.4, 0.5) is 0 Å². The summed E-state index contributed by atoms with van der Waals surface area (Å²) in [6.45, 7) is 6.08. The average molecular weight is 206 g/mol. The second-order valence-electron chi connectivity index (χ2n) is 3.39. The Kier molecular flexibility index (Phi) is 6.16. The highest BCUT2D eigenvalue weighted by molar-refractivity contribution is 7.81. The van der Waals surface area contributed by atoms with Crippen LogP contribution in [0.3, 0.4) is 0 Å². The fourth-order valence-electron chi connectivity index (χ4n) is 0.809. The molecule has 0 radical (unpaired) electrons. The standard InChI is InChI=1S/C9H18O3S/c1-6(2)8(13)9(10)12-7(3)5-11-4/h6-8,13H,5H2,1-4H3. The van der Waals surface area contributed by atoms with Crippen LogP contribution in [0, 0.1) is 5.92 Å². The Balaban J connectivity index is 3.85. The smallest absolute Gasteiger partial charge is 0.319 e. The molecule has 0 spiro atoms. The van der Waals surface area contributed by atoms with E-state index in [-0.39, 0.29) is 23.2 Å². The maximum Gasteiger partial charge on any atom is 0.319 e. The number of rotatable bonds is 5. The van der Waals surface area contributed by atoms with Crippen LogP contribution in [0.1, 0.15) is 20.8 Å². The highest BCUT2D eigenvalue weighted by atomic mass is 32.1. The van der Waals surface area contributed by atoms with Crippen molar-refractivity contribution in [2.24, 2.45) is 5.92 Å². The molecule has 0 amide bonds. The molecule has 0 bridgehead atoms. The number of esters is 1. The average Bonchev–Trinajstić information content (AvgIpc) is 2.03. The van der Waals surface area contributed by atoms with E-state index in [0.29, 0.717) is 6.61 Å². The highest BCUT2D eigenvalue weighted by Gasteiger charge is 2.21. The van der Waals surface area contributed by atoms with Gasteiger partial charge in [0.2, 0.25) is 0 Å². The monoisotopic (exact) mass is 206 g/mol. The van der Waals surface area contributed by atoms with Gasteiger partial charge in [-0.1, -0.05) is 13.8 Å². The molecule has 2 atom stereocenters. The van der Waals surface area contributed by atoms with Gasteiger partial charge in [-0.25, -0.2) is 0 Å². The molecule has 3 nitrogen and oxygen atoms in total. The van der Waals surface area contributed by atoms with E-state index in [1.807, 2.05) is 13.8 Å². The molecule has 13 heavy (non-hydrogen) atoms. The van der Waals surface area contributed by atoms with Crippen LogP contribution >= 0.6 is 12.6 Å². The van der Waals surface area contributed by atoms with Crippen LogP contribution in [-0.2, 0) is 14.3 Å². The first-order chi connectivity index (χ1) is 5.99. The van der Waals surface area contributed by atoms with Crippen molar-refractivity contribution in [1.29, 1.82) is 0 Å². The van der Waals surface area contributed by atoms with Gasteiger partial charge in [0.15, 0.2) is 0 Å². The number of hydrogen-bond donors (Lipinski definition) is 1. The van der Waals surface area contributed by atoms with E-state index < -0.39 is 0 Å². The molecule has 0 heterocycles. The lowest BCUT2D eigenvalue weighted by atomic mass is 10.1. The minimum Gasteiger partial charge on any atom is -0.459 e. The van der Waals surface area contributed by atoms with E-state index in [0.717, 1.165) is 0 Å². The van der Waals surface area contributed by atoms with Gasteiger partial charge >= 0.3 is 5.97 Å². The summed E-state index contributed by atoms with van der Waals surface area (Å²) in [5.74, 6) is -0.0894. The zero-order chi connectivity index (χ0) is 10.4. The number of methoxy groups -OCH3 is 1. The lowest BCUT2D eigenvalue weighted by Crippen LogP contribution is -2.28. The number of carbonyl (C=O) groups excluding carboxylic acids is 1. The van der Waals surface area contributed by atoms with Crippen molar-refractivity contribution in [2.75, 3.05) is 13.7 Å². The molecule has 0 aliphatic carbocycles.